The zero-order valence-electron chi connectivity index (χ0n) is 19.1. The second kappa shape index (κ2) is 8.43. The molecule has 5 rings (SSSR count). The minimum Gasteiger partial charge on any atom is -0.497 e. The summed E-state index contributed by atoms with van der Waals surface area (Å²) < 4.78 is 22.4. The van der Waals surface area contributed by atoms with Crippen LogP contribution in [0.4, 0.5) is 0 Å². The molecule has 5 nitrogen and oxygen atoms in total. The Bertz CT molecular complexity index is 1470. The molecular weight excluding hydrogens is 414 g/mol. The van der Waals surface area contributed by atoms with Crippen molar-refractivity contribution >= 4 is 21.8 Å². The topological polar surface area (TPSA) is 52.7 Å². The molecule has 4 aromatic carbocycles. The number of H-pyrrole nitrogens is 1. The number of hydrogen-bond donors (Lipinski definition) is 1. The maximum absolute atomic E-state index is 5.80. The van der Waals surface area contributed by atoms with E-state index >= 15 is 0 Å². The molecule has 0 atom stereocenters. The maximum atomic E-state index is 5.80. The Hall–Kier alpha value is -4.12. The first-order valence-electron chi connectivity index (χ1n) is 10.7. The van der Waals surface area contributed by atoms with E-state index in [1.54, 1.807) is 28.4 Å². The lowest BCUT2D eigenvalue weighted by Crippen LogP contribution is -1.95. The summed E-state index contributed by atoms with van der Waals surface area (Å²) in [7, 11) is 6.66. The van der Waals surface area contributed by atoms with Crippen LogP contribution in [0.1, 0.15) is 0 Å². The molecule has 0 aliphatic carbocycles. The Morgan fingerprint density at radius 2 is 1.15 bits per heavy atom. The summed E-state index contributed by atoms with van der Waals surface area (Å²) in [5.74, 6) is 2.95. The fourth-order valence-corrected chi connectivity index (χ4v) is 4.45. The molecule has 0 spiro atoms. The SMILES string of the molecule is COc1ccc(-c2ccc3c([nH]c4ccccc43)c2-c2ccc(OC)cc2OC)c(OC)c1. The average molecular weight is 440 g/mol. The fraction of sp³-hybridized carbons (Fsp3) is 0.143. The van der Waals surface area contributed by atoms with Crippen molar-refractivity contribution in [2.45, 2.75) is 0 Å². The van der Waals surface area contributed by atoms with Crippen LogP contribution in [0.2, 0.25) is 0 Å². The van der Waals surface area contributed by atoms with Crippen molar-refractivity contribution in [3.63, 3.8) is 0 Å². The van der Waals surface area contributed by atoms with Crippen LogP contribution in [0, 0.1) is 0 Å². The highest BCUT2D eigenvalue weighted by atomic mass is 16.5. The molecule has 0 fully saturated rings. The number of methoxy groups -OCH3 is 4. The van der Waals surface area contributed by atoms with E-state index in [0.717, 1.165) is 61.7 Å². The molecule has 0 unspecified atom stereocenters. The lowest BCUT2D eigenvalue weighted by atomic mass is 9.91. The molecule has 5 aromatic rings. The van der Waals surface area contributed by atoms with E-state index in [0.29, 0.717) is 0 Å². The minimum atomic E-state index is 0.731. The minimum absolute atomic E-state index is 0.731. The van der Waals surface area contributed by atoms with E-state index in [1.165, 1.54) is 5.39 Å². The standard InChI is InChI=1S/C28H25NO4/c1-30-17-9-11-20(25(15-17)32-3)21-13-14-22-19-7-5-6-8-24(19)29-28(22)27(21)23-12-10-18(31-2)16-26(23)33-4/h5-16,29H,1-4H3. The second-order valence-corrected chi connectivity index (χ2v) is 7.71. The zero-order chi connectivity index (χ0) is 22.9. The van der Waals surface area contributed by atoms with Gasteiger partial charge in [0, 0.05) is 45.1 Å². The summed E-state index contributed by atoms with van der Waals surface area (Å²) in [6.07, 6.45) is 0. The van der Waals surface area contributed by atoms with Gasteiger partial charge < -0.3 is 23.9 Å². The third kappa shape index (κ3) is 3.42. The van der Waals surface area contributed by atoms with Crippen LogP contribution in [0.15, 0.2) is 72.8 Å². The Kier molecular flexibility index (Phi) is 5.31. The predicted molar refractivity (Wildman–Crippen MR) is 133 cm³/mol. The van der Waals surface area contributed by atoms with Gasteiger partial charge in [0.1, 0.15) is 23.0 Å². The Morgan fingerprint density at radius 3 is 1.82 bits per heavy atom. The van der Waals surface area contributed by atoms with Gasteiger partial charge in [0.25, 0.3) is 0 Å². The summed E-state index contributed by atoms with van der Waals surface area (Å²) >= 11 is 0. The Morgan fingerprint density at radius 1 is 0.545 bits per heavy atom. The van der Waals surface area contributed by atoms with Crippen LogP contribution in [0.5, 0.6) is 23.0 Å². The number of aromatic amines is 1. The van der Waals surface area contributed by atoms with E-state index in [1.807, 2.05) is 42.5 Å². The molecular formula is C28H25NO4. The van der Waals surface area contributed by atoms with Gasteiger partial charge in [-0.1, -0.05) is 30.3 Å². The Labute approximate surface area is 192 Å². The van der Waals surface area contributed by atoms with Crippen LogP contribution in [0.3, 0.4) is 0 Å². The largest absolute Gasteiger partial charge is 0.497 e. The summed E-state index contributed by atoms with van der Waals surface area (Å²) in [5.41, 5.74) is 6.11. The van der Waals surface area contributed by atoms with Crippen LogP contribution < -0.4 is 18.9 Å². The van der Waals surface area contributed by atoms with Crippen molar-refractivity contribution in [3.05, 3.63) is 72.8 Å². The quantitative estimate of drug-likeness (QED) is 0.320. The molecule has 5 heteroatoms. The van der Waals surface area contributed by atoms with Crippen molar-refractivity contribution in [1.82, 2.24) is 4.98 Å². The van der Waals surface area contributed by atoms with Crippen molar-refractivity contribution in [1.29, 1.82) is 0 Å². The summed E-state index contributed by atoms with van der Waals surface area (Å²) in [5, 5.41) is 2.32. The molecule has 0 amide bonds. The third-order valence-corrected chi connectivity index (χ3v) is 6.06. The molecule has 166 valence electrons. The van der Waals surface area contributed by atoms with Gasteiger partial charge in [-0.3, -0.25) is 0 Å². The number of hydrogen-bond acceptors (Lipinski definition) is 4. The fourth-order valence-electron chi connectivity index (χ4n) is 4.45. The average Bonchev–Trinajstić information content (AvgIpc) is 3.26. The molecule has 0 radical (unpaired) electrons. The lowest BCUT2D eigenvalue weighted by molar-refractivity contribution is 0.395. The van der Waals surface area contributed by atoms with Crippen LogP contribution >= 0.6 is 0 Å². The molecule has 1 heterocycles. The molecule has 33 heavy (non-hydrogen) atoms. The van der Waals surface area contributed by atoms with E-state index < -0.39 is 0 Å². The lowest BCUT2D eigenvalue weighted by Gasteiger charge is -2.18. The third-order valence-electron chi connectivity index (χ3n) is 6.06. The highest BCUT2D eigenvalue weighted by Crippen LogP contribution is 2.46. The smallest absolute Gasteiger partial charge is 0.130 e. The highest BCUT2D eigenvalue weighted by Gasteiger charge is 2.21. The second-order valence-electron chi connectivity index (χ2n) is 7.71. The van der Waals surface area contributed by atoms with Crippen molar-refractivity contribution in [2.24, 2.45) is 0 Å². The first kappa shape index (κ1) is 20.8. The molecule has 0 saturated carbocycles. The molecule has 0 saturated heterocycles. The number of nitrogens with one attached hydrogen (secondary N) is 1. The van der Waals surface area contributed by atoms with Gasteiger partial charge in [-0.25, -0.2) is 0 Å². The van der Waals surface area contributed by atoms with Crippen molar-refractivity contribution in [3.8, 4) is 45.3 Å². The number of ether oxygens (including phenoxy) is 4. The van der Waals surface area contributed by atoms with Crippen LogP contribution in [-0.4, -0.2) is 33.4 Å². The van der Waals surface area contributed by atoms with Gasteiger partial charge in [-0.2, -0.15) is 0 Å². The van der Waals surface area contributed by atoms with Gasteiger partial charge in [0.2, 0.25) is 0 Å². The highest BCUT2D eigenvalue weighted by molar-refractivity contribution is 6.15. The van der Waals surface area contributed by atoms with E-state index in [-0.39, 0.29) is 0 Å². The van der Waals surface area contributed by atoms with Gasteiger partial charge in [0.05, 0.1) is 34.0 Å². The van der Waals surface area contributed by atoms with Crippen LogP contribution in [0.25, 0.3) is 44.1 Å². The first-order valence-corrected chi connectivity index (χ1v) is 10.7. The van der Waals surface area contributed by atoms with E-state index in [9.17, 15) is 0 Å². The van der Waals surface area contributed by atoms with Gasteiger partial charge in [-0.05, 0) is 35.9 Å². The van der Waals surface area contributed by atoms with Gasteiger partial charge in [0.15, 0.2) is 0 Å². The predicted octanol–water partition coefficient (Wildman–Crippen LogP) is 6.69. The molecule has 0 bridgehead atoms. The number of rotatable bonds is 6. The number of benzene rings is 4. The zero-order valence-corrected chi connectivity index (χ0v) is 19.1. The molecule has 1 aromatic heterocycles. The molecule has 0 aliphatic rings. The van der Waals surface area contributed by atoms with Gasteiger partial charge >= 0.3 is 0 Å². The monoisotopic (exact) mass is 439 g/mol. The molecule has 0 aliphatic heterocycles. The summed E-state index contributed by atoms with van der Waals surface area (Å²) in [6.45, 7) is 0. The van der Waals surface area contributed by atoms with Crippen LogP contribution in [-0.2, 0) is 0 Å². The number of fused-ring (bicyclic) bond motifs is 3. The summed E-state index contributed by atoms with van der Waals surface area (Å²) in [4.78, 5) is 3.64. The first-order chi connectivity index (χ1) is 16.2. The number of aromatic nitrogens is 1. The maximum Gasteiger partial charge on any atom is 0.130 e. The summed E-state index contributed by atoms with van der Waals surface area (Å²) in [6, 6.07) is 24.4. The van der Waals surface area contributed by atoms with Crippen molar-refractivity contribution in [2.75, 3.05) is 28.4 Å². The molecule has 1 N–H and O–H groups in total. The van der Waals surface area contributed by atoms with Gasteiger partial charge in [-0.15, -0.1) is 0 Å². The van der Waals surface area contributed by atoms with E-state index in [2.05, 4.69) is 35.3 Å². The normalized spacial score (nSPS) is 11.0. The van der Waals surface area contributed by atoms with Crippen molar-refractivity contribution < 1.29 is 18.9 Å². The number of para-hydroxylation sites is 1. The van der Waals surface area contributed by atoms with E-state index in [4.69, 9.17) is 18.9 Å². The Balaban J connectivity index is 1.89.